The van der Waals surface area contributed by atoms with Crippen LogP contribution in [0.2, 0.25) is 0 Å². The number of hydrogen-bond acceptors (Lipinski definition) is 1. The number of benzene rings is 1. The Labute approximate surface area is 125 Å². The van der Waals surface area contributed by atoms with Gasteiger partial charge in [0.1, 0.15) is 0 Å². The van der Waals surface area contributed by atoms with Gasteiger partial charge in [-0.3, -0.25) is 0 Å². The van der Waals surface area contributed by atoms with E-state index in [4.69, 9.17) is 0 Å². The van der Waals surface area contributed by atoms with Crippen LogP contribution in [0.4, 0.5) is 13.2 Å². The molecular weight excluding hydrogens is 277 g/mol. The summed E-state index contributed by atoms with van der Waals surface area (Å²) in [5.74, 6) is 0. The second-order valence-corrected chi connectivity index (χ2v) is 7.83. The molecule has 0 spiro atoms. The second-order valence-electron chi connectivity index (χ2n) is 7.83. The Bertz CT molecular complexity index is 514. The zero-order valence-corrected chi connectivity index (χ0v) is 13.8. The topological polar surface area (TPSA) is 20.2 Å². The Kier molecular flexibility index (Phi) is 4.30. The van der Waals surface area contributed by atoms with Gasteiger partial charge in [0.15, 0.2) is 5.60 Å². The lowest BCUT2D eigenvalue weighted by Gasteiger charge is -2.34. The van der Waals surface area contributed by atoms with Crippen molar-refractivity contribution in [2.24, 2.45) is 0 Å². The average molecular weight is 302 g/mol. The Balaban J connectivity index is 3.67. The van der Waals surface area contributed by atoms with E-state index < -0.39 is 17.2 Å². The molecule has 0 saturated carbocycles. The van der Waals surface area contributed by atoms with Crippen LogP contribution in [0.3, 0.4) is 0 Å². The first-order chi connectivity index (χ1) is 9.08. The molecule has 120 valence electrons. The molecule has 1 atom stereocenters. The lowest BCUT2D eigenvalue weighted by atomic mass is 9.75. The van der Waals surface area contributed by atoms with Crippen LogP contribution < -0.4 is 0 Å². The van der Waals surface area contributed by atoms with Crippen molar-refractivity contribution in [1.82, 2.24) is 0 Å². The molecule has 0 amide bonds. The van der Waals surface area contributed by atoms with Crippen molar-refractivity contribution in [2.75, 3.05) is 0 Å². The summed E-state index contributed by atoms with van der Waals surface area (Å²) in [5.41, 5.74) is -2.41. The van der Waals surface area contributed by atoms with Gasteiger partial charge in [0, 0.05) is 0 Å². The molecule has 4 heteroatoms. The van der Waals surface area contributed by atoms with Gasteiger partial charge in [-0.2, -0.15) is 13.2 Å². The van der Waals surface area contributed by atoms with Crippen molar-refractivity contribution in [3.05, 3.63) is 34.9 Å². The molecule has 0 aliphatic carbocycles. The molecule has 0 fully saturated rings. The molecule has 1 aromatic rings. The van der Waals surface area contributed by atoms with E-state index in [1.807, 2.05) is 47.6 Å². The highest BCUT2D eigenvalue weighted by Gasteiger charge is 2.52. The second kappa shape index (κ2) is 5.01. The minimum Gasteiger partial charge on any atom is -0.376 e. The van der Waals surface area contributed by atoms with Crippen LogP contribution in [-0.2, 0) is 16.4 Å². The highest BCUT2D eigenvalue weighted by Crippen LogP contribution is 2.43. The molecule has 0 radical (unpaired) electrons. The minimum absolute atomic E-state index is 0.0603. The third kappa shape index (κ3) is 3.60. The first-order valence-electron chi connectivity index (χ1n) is 7.03. The van der Waals surface area contributed by atoms with E-state index in [1.165, 1.54) is 6.07 Å². The number of rotatable bonds is 1. The Morgan fingerprint density at radius 3 is 1.57 bits per heavy atom. The lowest BCUT2D eigenvalue weighted by Crippen LogP contribution is -2.41. The number of halogens is 3. The summed E-state index contributed by atoms with van der Waals surface area (Å²) in [7, 11) is 0. The Hall–Kier alpha value is -1.03. The number of hydrogen-bond donors (Lipinski definition) is 1. The van der Waals surface area contributed by atoms with Crippen molar-refractivity contribution < 1.29 is 18.3 Å². The summed E-state index contributed by atoms with van der Waals surface area (Å²) in [5, 5.41) is 10.1. The zero-order valence-electron chi connectivity index (χ0n) is 13.8. The predicted octanol–water partition coefficient (Wildman–Crippen LogP) is 5.05. The fraction of sp³-hybridized carbons (Fsp3) is 0.647. The van der Waals surface area contributed by atoms with Crippen molar-refractivity contribution >= 4 is 0 Å². The summed E-state index contributed by atoms with van der Waals surface area (Å²) in [6.07, 6.45) is -4.72. The zero-order chi connectivity index (χ0) is 16.9. The fourth-order valence-electron chi connectivity index (χ4n) is 2.22. The van der Waals surface area contributed by atoms with Crippen molar-refractivity contribution in [2.45, 2.75) is 71.1 Å². The maximum atomic E-state index is 13.3. The average Bonchev–Trinajstić information content (AvgIpc) is 2.24. The van der Waals surface area contributed by atoms with Gasteiger partial charge in [-0.1, -0.05) is 59.7 Å². The van der Waals surface area contributed by atoms with Crippen LogP contribution >= 0.6 is 0 Å². The third-order valence-corrected chi connectivity index (χ3v) is 3.77. The van der Waals surface area contributed by atoms with Gasteiger partial charge in [-0.05, 0) is 34.4 Å². The van der Waals surface area contributed by atoms with Gasteiger partial charge in [0.25, 0.3) is 0 Å². The smallest absolute Gasteiger partial charge is 0.376 e. The standard InChI is InChI=1S/C17H25F3O/c1-14(2,3)11-8-9-12(15(4,5)6)13(10-11)16(7,21)17(18,19)20/h8-10,21H,1-7H3. The van der Waals surface area contributed by atoms with Crippen molar-refractivity contribution in [1.29, 1.82) is 0 Å². The van der Waals surface area contributed by atoms with Crippen LogP contribution in [0.15, 0.2) is 18.2 Å². The van der Waals surface area contributed by atoms with Crippen molar-refractivity contribution in [3.63, 3.8) is 0 Å². The highest BCUT2D eigenvalue weighted by molar-refractivity contribution is 5.42. The molecule has 1 N–H and O–H groups in total. The van der Waals surface area contributed by atoms with Crippen LogP contribution in [0, 0.1) is 0 Å². The van der Waals surface area contributed by atoms with Gasteiger partial charge in [-0.15, -0.1) is 0 Å². The molecule has 1 nitrogen and oxygen atoms in total. The molecule has 1 rings (SSSR count). The summed E-state index contributed by atoms with van der Waals surface area (Å²) < 4.78 is 39.8. The largest absolute Gasteiger partial charge is 0.421 e. The Morgan fingerprint density at radius 1 is 0.762 bits per heavy atom. The van der Waals surface area contributed by atoms with Crippen LogP contribution in [0.25, 0.3) is 0 Å². The fourth-order valence-corrected chi connectivity index (χ4v) is 2.22. The van der Waals surface area contributed by atoms with Gasteiger partial charge in [0.2, 0.25) is 0 Å². The minimum atomic E-state index is -4.72. The Morgan fingerprint density at radius 2 is 1.24 bits per heavy atom. The first-order valence-corrected chi connectivity index (χ1v) is 7.03. The molecule has 0 aliphatic rings. The highest BCUT2D eigenvalue weighted by atomic mass is 19.4. The van der Waals surface area contributed by atoms with Gasteiger partial charge < -0.3 is 5.11 Å². The van der Waals surface area contributed by atoms with Crippen LogP contribution in [0.1, 0.15) is 65.2 Å². The van der Waals surface area contributed by atoms with Gasteiger partial charge >= 0.3 is 6.18 Å². The molecule has 0 aliphatic heterocycles. The normalized spacial score (nSPS) is 16.7. The van der Waals surface area contributed by atoms with E-state index in [1.54, 1.807) is 6.07 Å². The van der Waals surface area contributed by atoms with Gasteiger partial charge in [-0.25, -0.2) is 0 Å². The molecule has 1 unspecified atom stereocenters. The number of alkyl halides is 3. The molecule has 0 saturated heterocycles. The monoisotopic (exact) mass is 302 g/mol. The summed E-state index contributed by atoms with van der Waals surface area (Å²) in [6.45, 7) is 12.2. The quantitative estimate of drug-likeness (QED) is 0.769. The summed E-state index contributed by atoms with van der Waals surface area (Å²) in [6, 6.07) is 5.04. The van der Waals surface area contributed by atoms with E-state index >= 15 is 0 Å². The summed E-state index contributed by atoms with van der Waals surface area (Å²) >= 11 is 0. The molecule has 21 heavy (non-hydrogen) atoms. The van der Waals surface area contributed by atoms with Gasteiger partial charge in [0.05, 0.1) is 0 Å². The van der Waals surface area contributed by atoms with Crippen LogP contribution in [0.5, 0.6) is 0 Å². The third-order valence-electron chi connectivity index (χ3n) is 3.77. The SMILES string of the molecule is CC(C)(C)c1ccc(C(C)(C)C)c(C(C)(O)C(F)(F)F)c1. The molecule has 1 aromatic carbocycles. The van der Waals surface area contributed by atoms with E-state index in [-0.39, 0.29) is 11.0 Å². The first kappa shape index (κ1) is 18.0. The van der Waals surface area contributed by atoms with Crippen molar-refractivity contribution in [3.8, 4) is 0 Å². The maximum absolute atomic E-state index is 13.3. The molecule has 0 heterocycles. The molecule has 0 bridgehead atoms. The van der Waals surface area contributed by atoms with E-state index in [0.717, 1.165) is 12.5 Å². The van der Waals surface area contributed by atoms with E-state index in [2.05, 4.69) is 0 Å². The molecular formula is C17H25F3O. The van der Waals surface area contributed by atoms with E-state index in [0.29, 0.717) is 5.56 Å². The predicted molar refractivity (Wildman–Crippen MR) is 79.5 cm³/mol. The lowest BCUT2D eigenvalue weighted by molar-refractivity contribution is -0.259. The maximum Gasteiger partial charge on any atom is 0.421 e. The molecule has 0 aromatic heterocycles. The van der Waals surface area contributed by atoms with Crippen LogP contribution in [-0.4, -0.2) is 11.3 Å². The van der Waals surface area contributed by atoms with E-state index in [9.17, 15) is 18.3 Å². The summed E-state index contributed by atoms with van der Waals surface area (Å²) in [4.78, 5) is 0. The number of aliphatic hydroxyl groups is 1.